The number of rotatable bonds is 7. The number of hydrogen-bond acceptors (Lipinski definition) is 3. The molecular weight excluding hydrogens is 777 g/mol. The molecule has 64 heavy (non-hydrogen) atoms. The van der Waals surface area contributed by atoms with Crippen molar-refractivity contribution in [2.24, 2.45) is 0 Å². The van der Waals surface area contributed by atoms with E-state index in [9.17, 15) is 0 Å². The largest absolute Gasteiger partial charge is 0.309 e. The smallest absolute Gasteiger partial charge is 0.164 e. The maximum absolute atomic E-state index is 5.33. The van der Waals surface area contributed by atoms with Crippen molar-refractivity contribution in [2.75, 3.05) is 0 Å². The molecule has 4 nitrogen and oxygen atoms in total. The highest BCUT2D eigenvalue weighted by atomic mass is 15.0. The van der Waals surface area contributed by atoms with Crippen LogP contribution in [-0.4, -0.2) is 19.5 Å². The van der Waals surface area contributed by atoms with Gasteiger partial charge in [-0.2, -0.15) is 0 Å². The van der Waals surface area contributed by atoms with Gasteiger partial charge >= 0.3 is 0 Å². The molecule has 12 rings (SSSR count). The molecule has 2 aromatic heterocycles. The third-order valence-corrected chi connectivity index (χ3v) is 13.1. The molecule has 0 aliphatic heterocycles. The second kappa shape index (κ2) is 15.0. The van der Waals surface area contributed by atoms with Gasteiger partial charge < -0.3 is 4.57 Å². The zero-order chi connectivity index (χ0) is 42.8. The SMILES string of the molecule is CC1(C)c2ccccc2-c2ccc(-c3ccc4c(c3)c3c(-c5nc(-c6ccc(-c7ccccc7)cc6)nc(-c6ccc(-c7ccccc7)cc6)n5)cccc3n4-c3ccccc3)cc21. The monoisotopic (exact) mass is 818 g/mol. The van der Waals surface area contributed by atoms with E-state index in [1.807, 2.05) is 12.1 Å². The van der Waals surface area contributed by atoms with E-state index in [1.54, 1.807) is 0 Å². The van der Waals surface area contributed by atoms with E-state index in [4.69, 9.17) is 15.0 Å². The van der Waals surface area contributed by atoms with E-state index in [-0.39, 0.29) is 5.41 Å². The first-order valence-corrected chi connectivity index (χ1v) is 21.9. The minimum atomic E-state index is -0.0968. The fourth-order valence-corrected chi connectivity index (χ4v) is 9.81. The molecule has 2 heterocycles. The molecule has 0 atom stereocenters. The standard InChI is InChI=1S/C60H42N4/c1-60(2)52-23-13-12-21-48(52)49-35-33-46(38-53(49)60)45-34-36-54-51(37-45)56-50(22-14-24-55(56)64(54)47-19-10-5-11-20-47)59-62-57(43-29-25-41(26-30-43)39-15-6-3-7-16-39)61-58(63-59)44-31-27-42(28-32-44)40-17-8-4-9-18-40/h3-38H,1-2H3. The van der Waals surface area contributed by atoms with Crippen LogP contribution in [0.3, 0.4) is 0 Å². The zero-order valence-electron chi connectivity index (χ0n) is 35.6. The predicted octanol–water partition coefficient (Wildman–Crippen LogP) is 15.3. The molecule has 0 fully saturated rings. The van der Waals surface area contributed by atoms with Crippen LogP contribution in [0.15, 0.2) is 218 Å². The highest BCUT2D eigenvalue weighted by Crippen LogP contribution is 2.50. The molecule has 0 radical (unpaired) electrons. The summed E-state index contributed by atoms with van der Waals surface area (Å²) in [4.78, 5) is 15.8. The summed E-state index contributed by atoms with van der Waals surface area (Å²) >= 11 is 0. The first-order chi connectivity index (χ1) is 31.5. The Kier molecular flexibility index (Phi) is 8.80. The van der Waals surface area contributed by atoms with Gasteiger partial charge in [0.25, 0.3) is 0 Å². The number of para-hydroxylation sites is 1. The lowest BCUT2D eigenvalue weighted by atomic mass is 9.81. The number of nitrogens with zero attached hydrogens (tertiary/aromatic N) is 4. The van der Waals surface area contributed by atoms with E-state index in [0.29, 0.717) is 17.5 Å². The Morgan fingerprint density at radius 3 is 1.44 bits per heavy atom. The summed E-state index contributed by atoms with van der Waals surface area (Å²) in [6.45, 7) is 4.69. The molecule has 0 saturated carbocycles. The van der Waals surface area contributed by atoms with Crippen molar-refractivity contribution >= 4 is 21.8 Å². The van der Waals surface area contributed by atoms with Crippen molar-refractivity contribution in [3.8, 4) is 84.4 Å². The van der Waals surface area contributed by atoms with Gasteiger partial charge in [-0.05, 0) is 92.0 Å². The summed E-state index contributed by atoms with van der Waals surface area (Å²) < 4.78 is 2.37. The fourth-order valence-electron chi connectivity index (χ4n) is 9.81. The molecule has 0 spiro atoms. The molecule has 0 N–H and O–H groups in total. The summed E-state index contributed by atoms with van der Waals surface area (Å²) in [5.41, 5.74) is 18.4. The summed E-state index contributed by atoms with van der Waals surface area (Å²) in [6, 6.07) is 77.9. The number of aromatic nitrogens is 4. The topological polar surface area (TPSA) is 43.6 Å². The first kappa shape index (κ1) is 37.5. The van der Waals surface area contributed by atoms with Crippen molar-refractivity contribution < 1.29 is 0 Å². The van der Waals surface area contributed by atoms with Crippen LogP contribution in [0.25, 0.3) is 106 Å². The molecule has 4 heteroatoms. The highest BCUT2D eigenvalue weighted by molar-refractivity contribution is 6.16. The molecule has 0 saturated heterocycles. The van der Waals surface area contributed by atoms with Crippen LogP contribution in [0.5, 0.6) is 0 Å². The quantitative estimate of drug-likeness (QED) is 0.161. The van der Waals surface area contributed by atoms with E-state index in [0.717, 1.165) is 60.9 Å². The molecule has 1 aliphatic carbocycles. The summed E-state index contributed by atoms with van der Waals surface area (Å²) in [6.07, 6.45) is 0. The second-order valence-corrected chi connectivity index (χ2v) is 17.2. The lowest BCUT2D eigenvalue weighted by Crippen LogP contribution is -2.14. The lowest BCUT2D eigenvalue weighted by Gasteiger charge is -2.22. The minimum absolute atomic E-state index is 0.0968. The van der Waals surface area contributed by atoms with Crippen LogP contribution < -0.4 is 0 Å². The molecule has 0 bridgehead atoms. The normalized spacial score (nSPS) is 12.7. The molecule has 11 aromatic rings. The number of hydrogen-bond donors (Lipinski definition) is 0. The van der Waals surface area contributed by atoms with Gasteiger partial charge in [0, 0.05) is 38.6 Å². The lowest BCUT2D eigenvalue weighted by molar-refractivity contribution is 0.660. The minimum Gasteiger partial charge on any atom is -0.309 e. The molecule has 1 aliphatic rings. The molecule has 9 aromatic carbocycles. The molecule has 0 amide bonds. The maximum atomic E-state index is 5.33. The second-order valence-electron chi connectivity index (χ2n) is 17.2. The van der Waals surface area contributed by atoms with Crippen LogP contribution in [0.4, 0.5) is 0 Å². The third-order valence-electron chi connectivity index (χ3n) is 13.1. The van der Waals surface area contributed by atoms with E-state index < -0.39 is 0 Å². The van der Waals surface area contributed by atoms with E-state index in [1.165, 1.54) is 38.9 Å². The summed E-state index contributed by atoms with van der Waals surface area (Å²) in [7, 11) is 0. The van der Waals surface area contributed by atoms with Crippen molar-refractivity contribution in [3.05, 3.63) is 230 Å². The van der Waals surface area contributed by atoms with Gasteiger partial charge in [-0.15, -0.1) is 0 Å². The van der Waals surface area contributed by atoms with Gasteiger partial charge in [0.15, 0.2) is 17.5 Å². The fraction of sp³-hybridized carbons (Fsp3) is 0.0500. The van der Waals surface area contributed by atoms with Crippen LogP contribution >= 0.6 is 0 Å². The van der Waals surface area contributed by atoms with Crippen LogP contribution in [-0.2, 0) is 5.41 Å². The summed E-state index contributed by atoms with van der Waals surface area (Å²) in [5.74, 6) is 1.87. The van der Waals surface area contributed by atoms with Crippen molar-refractivity contribution in [2.45, 2.75) is 19.3 Å². The summed E-state index contributed by atoms with van der Waals surface area (Å²) in [5, 5.41) is 2.23. The Morgan fingerprint density at radius 2 is 0.797 bits per heavy atom. The van der Waals surface area contributed by atoms with Crippen molar-refractivity contribution in [1.29, 1.82) is 0 Å². The van der Waals surface area contributed by atoms with Gasteiger partial charge in [0.2, 0.25) is 0 Å². The van der Waals surface area contributed by atoms with Gasteiger partial charge in [-0.25, -0.2) is 15.0 Å². The van der Waals surface area contributed by atoms with Crippen LogP contribution in [0.1, 0.15) is 25.0 Å². The predicted molar refractivity (Wildman–Crippen MR) is 264 cm³/mol. The highest BCUT2D eigenvalue weighted by Gasteiger charge is 2.35. The van der Waals surface area contributed by atoms with Crippen LogP contribution in [0.2, 0.25) is 0 Å². The van der Waals surface area contributed by atoms with Crippen molar-refractivity contribution in [3.63, 3.8) is 0 Å². The van der Waals surface area contributed by atoms with Gasteiger partial charge in [-0.3, -0.25) is 0 Å². The molecular formula is C60H42N4. The Morgan fingerprint density at radius 1 is 0.328 bits per heavy atom. The Labute approximate surface area is 372 Å². The van der Waals surface area contributed by atoms with Gasteiger partial charge in [0.05, 0.1) is 11.0 Å². The van der Waals surface area contributed by atoms with Gasteiger partial charge in [0.1, 0.15) is 0 Å². The Hall–Kier alpha value is -8.21. The van der Waals surface area contributed by atoms with Crippen LogP contribution in [0, 0.1) is 0 Å². The zero-order valence-corrected chi connectivity index (χ0v) is 35.6. The Bertz CT molecular complexity index is 3430. The molecule has 0 unspecified atom stereocenters. The first-order valence-electron chi connectivity index (χ1n) is 21.9. The molecule has 302 valence electrons. The van der Waals surface area contributed by atoms with Gasteiger partial charge in [-0.1, -0.05) is 196 Å². The van der Waals surface area contributed by atoms with E-state index >= 15 is 0 Å². The number of fused-ring (bicyclic) bond motifs is 6. The Balaban J connectivity index is 1.06. The van der Waals surface area contributed by atoms with Crippen molar-refractivity contribution in [1.82, 2.24) is 19.5 Å². The average Bonchev–Trinajstić information content (AvgIpc) is 3.82. The number of benzene rings is 9. The third kappa shape index (κ3) is 6.26. The maximum Gasteiger partial charge on any atom is 0.164 e. The average molecular weight is 819 g/mol. The van der Waals surface area contributed by atoms with E-state index in [2.05, 4.69) is 225 Å².